The van der Waals surface area contributed by atoms with Crippen molar-refractivity contribution in [3.05, 3.63) is 35.4 Å². The number of nitrogens with two attached hydrogens (primary N) is 1. The topological polar surface area (TPSA) is 32.5 Å². The smallest absolute Gasteiger partial charge is 0.0474 e. The molecule has 0 saturated carbocycles. The highest BCUT2D eigenvalue weighted by molar-refractivity contribution is 5.25. The summed E-state index contributed by atoms with van der Waals surface area (Å²) in [5.41, 5.74) is 8.81. The second-order valence-electron chi connectivity index (χ2n) is 6.50. The molecule has 2 fully saturated rings. The summed E-state index contributed by atoms with van der Waals surface area (Å²) in [6.07, 6.45) is 2.72. The fourth-order valence-corrected chi connectivity index (χ4v) is 3.90. The Bertz CT molecular complexity index is 442. The minimum atomic E-state index is 0.369. The number of hydrogen-bond donors (Lipinski definition) is 1. The van der Waals surface area contributed by atoms with Crippen molar-refractivity contribution in [1.29, 1.82) is 0 Å². The summed E-state index contributed by atoms with van der Waals surface area (Å²) >= 11 is 0. The van der Waals surface area contributed by atoms with Gasteiger partial charge in [0.25, 0.3) is 0 Å². The van der Waals surface area contributed by atoms with Crippen LogP contribution in [-0.4, -0.2) is 48.1 Å². The van der Waals surface area contributed by atoms with Gasteiger partial charge in [0.2, 0.25) is 0 Å². The van der Waals surface area contributed by atoms with Crippen molar-refractivity contribution >= 4 is 0 Å². The molecule has 0 bridgehead atoms. The van der Waals surface area contributed by atoms with Gasteiger partial charge in [0.05, 0.1) is 0 Å². The fraction of sp³-hybridized carbons (Fsp3) is 0.647. The first-order valence-corrected chi connectivity index (χ1v) is 7.95. The lowest BCUT2D eigenvalue weighted by Crippen LogP contribution is -2.56. The maximum atomic E-state index is 6.12. The SMILES string of the molecule is Cc1ccc(C(CN)N2CC3CCCN3CC2C)cc1. The van der Waals surface area contributed by atoms with Gasteiger partial charge in [-0.1, -0.05) is 29.8 Å². The summed E-state index contributed by atoms with van der Waals surface area (Å²) in [5, 5.41) is 0. The molecule has 20 heavy (non-hydrogen) atoms. The third kappa shape index (κ3) is 2.62. The van der Waals surface area contributed by atoms with Crippen molar-refractivity contribution in [2.24, 2.45) is 5.73 Å². The van der Waals surface area contributed by atoms with Crippen LogP contribution in [0.4, 0.5) is 0 Å². The summed E-state index contributed by atoms with van der Waals surface area (Å²) in [6.45, 7) is 8.87. The first-order valence-electron chi connectivity index (χ1n) is 7.95. The zero-order valence-corrected chi connectivity index (χ0v) is 12.8. The van der Waals surface area contributed by atoms with Gasteiger partial charge in [-0.2, -0.15) is 0 Å². The average Bonchev–Trinajstić information content (AvgIpc) is 2.89. The standard InChI is InChI=1S/C17H27N3/c1-13-5-7-15(8-6-13)17(10-18)20-12-16-4-3-9-19(16)11-14(20)2/h5-8,14,16-17H,3-4,9-12,18H2,1-2H3. The molecule has 2 heterocycles. The Balaban J connectivity index is 1.79. The molecule has 0 amide bonds. The van der Waals surface area contributed by atoms with Crippen LogP contribution in [0, 0.1) is 6.92 Å². The van der Waals surface area contributed by atoms with E-state index in [0.717, 1.165) is 6.04 Å². The molecule has 1 aromatic rings. The van der Waals surface area contributed by atoms with E-state index in [9.17, 15) is 0 Å². The van der Waals surface area contributed by atoms with Crippen molar-refractivity contribution in [3.63, 3.8) is 0 Å². The normalized spacial score (nSPS) is 29.4. The summed E-state index contributed by atoms with van der Waals surface area (Å²) < 4.78 is 0. The zero-order valence-electron chi connectivity index (χ0n) is 12.8. The fourth-order valence-electron chi connectivity index (χ4n) is 3.90. The van der Waals surface area contributed by atoms with Crippen molar-refractivity contribution in [3.8, 4) is 0 Å². The Hall–Kier alpha value is -0.900. The van der Waals surface area contributed by atoms with Crippen molar-refractivity contribution in [2.75, 3.05) is 26.2 Å². The number of rotatable bonds is 3. The Morgan fingerprint density at radius 3 is 2.70 bits per heavy atom. The molecule has 3 heteroatoms. The molecule has 2 aliphatic heterocycles. The minimum Gasteiger partial charge on any atom is -0.329 e. The van der Waals surface area contributed by atoms with Crippen LogP contribution in [0.1, 0.15) is 36.9 Å². The van der Waals surface area contributed by atoms with Gasteiger partial charge in [-0.05, 0) is 38.8 Å². The molecular weight excluding hydrogens is 246 g/mol. The highest BCUT2D eigenvalue weighted by Gasteiger charge is 2.37. The summed E-state index contributed by atoms with van der Waals surface area (Å²) in [7, 11) is 0. The first kappa shape index (κ1) is 14.1. The molecule has 1 aromatic carbocycles. The van der Waals surface area contributed by atoms with Crippen LogP contribution < -0.4 is 5.73 Å². The molecule has 3 atom stereocenters. The van der Waals surface area contributed by atoms with Crippen LogP contribution in [0.5, 0.6) is 0 Å². The number of fused-ring (bicyclic) bond motifs is 1. The summed E-state index contributed by atoms with van der Waals surface area (Å²) in [4.78, 5) is 5.31. The van der Waals surface area contributed by atoms with E-state index >= 15 is 0 Å². The van der Waals surface area contributed by atoms with E-state index in [-0.39, 0.29) is 0 Å². The molecule has 2 saturated heterocycles. The molecule has 3 unspecified atom stereocenters. The maximum Gasteiger partial charge on any atom is 0.0474 e. The van der Waals surface area contributed by atoms with Gasteiger partial charge in [-0.25, -0.2) is 0 Å². The van der Waals surface area contributed by atoms with E-state index in [0.29, 0.717) is 18.6 Å². The van der Waals surface area contributed by atoms with Gasteiger partial charge >= 0.3 is 0 Å². The summed E-state index contributed by atoms with van der Waals surface area (Å²) in [6, 6.07) is 10.6. The number of benzene rings is 1. The number of nitrogens with zero attached hydrogens (tertiary/aromatic N) is 2. The molecule has 3 nitrogen and oxygen atoms in total. The molecule has 0 aliphatic carbocycles. The highest BCUT2D eigenvalue weighted by atomic mass is 15.3. The molecule has 3 rings (SSSR count). The zero-order chi connectivity index (χ0) is 14.1. The number of hydrogen-bond acceptors (Lipinski definition) is 3. The van der Waals surface area contributed by atoms with Gasteiger partial charge in [-0.15, -0.1) is 0 Å². The van der Waals surface area contributed by atoms with E-state index < -0.39 is 0 Å². The van der Waals surface area contributed by atoms with Crippen molar-refractivity contribution in [2.45, 2.75) is 44.8 Å². The van der Waals surface area contributed by atoms with E-state index in [1.165, 1.54) is 43.6 Å². The summed E-state index contributed by atoms with van der Waals surface area (Å²) in [5.74, 6) is 0. The second-order valence-corrected chi connectivity index (χ2v) is 6.50. The molecule has 2 N–H and O–H groups in total. The van der Waals surface area contributed by atoms with E-state index in [1.807, 2.05) is 0 Å². The van der Waals surface area contributed by atoms with Gasteiger partial charge in [0.15, 0.2) is 0 Å². The van der Waals surface area contributed by atoms with E-state index in [2.05, 4.69) is 47.9 Å². The number of piperazine rings is 1. The number of aryl methyl sites for hydroxylation is 1. The van der Waals surface area contributed by atoms with Crippen molar-refractivity contribution < 1.29 is 0 Å². The predicted molar refractivity (Wildman–Crippen MR) is 83.7 cm³/mol. The Labute approximate surface area is 122 Å². The Morgan fingerprint density at radius 1 is 1.25 bits per heavy atom. The van der Waals surface area contributed by atoms with Crippen LogP contribution >= 0.6 is 0 Å². The molecule has 0 aromatic heterocycles. The molecule has 0 spiro atoms. The van der Waals surface area contributed by atoms with E-state index in [4.69, 9.17) is 5.73 Å². The van der Waals surface area contributed by atoms with E-state index in [1.54, 1.807) is 0 Å². The maximum absolute atomic E-state index is 6.12. The lowest BCUT2D eigenvalue weighted by atomic mass is 9.99. The highest BCUT2D eigenvalue weighted by Crippen LogP contribution is 2.30. The predicted octanol–water partition coefficient (Wildman–Crippen LogP) is 2.16. The van der Waals surface area contributed by atoms with Crippen LogP contribution in [0.15, 0.2) is 24.3 Å². The molecule has 0 radical (unpaired) electrons. The lowest BCUT2D eigenvalue weighted by Gasteiger charge is -2.46. The lowest BCUT2D eigenvalue weighted by molar-refractivity contribution is 0.0296. The second kappa shape index (κ2) is 5.84. The van der Waals surface area contributed by atoms with Gasteiger partial charge in [0, 0.05) is 37.8 Å². The quantitative estimate of drug-likeness (QED) is 0.916. The average molecular weight is 273 g/mol. The monoisotopic (exact) mass is 273 g/mol. The van der Waals surface area contributed by atoms with Gasteiger partial charge < -0.3 is 5.73 Å². The largest absolute Gasteiger partial charge is 0.329 e. The molecular formula is C17H27N3. The van der Waals surface area contributed by atoms with Crippen LogP contribution in [-0.2, 0) is 0 Å². The van der Waals surface area contributed by atoms with Crippen LogP contribution in [0.2, 0.25) is 0 Å². The molecule has 2 aliphatic rings. The van der Waals surface area contributed by atoms with Crippen molar-refractivity contribution in [1.82, 2.24) is 9.80 Å². The van der Waals surface area contributed by atoms with Crippen LogP contribution in [0.25, 0.3) is 0 Å². The van der Waals surface area contributed by atoms with Crippen LogP contribution in [0.3, 0.4) is 0 Å². The Morgan fingerprint density at radius 2 is 2.00 bits per heavy atom. The molecule has 110 valence electrons. The first-order chi connectivity index (χ1) is 9.69. The Kier molecular flexibility index (Phi) is 4.11. The minimum absolute atomic E-state index is 0.369. The third-order valence-corrected chi connectivity index (χ3v) is 5.07. The van der Waals surface area contributed by atoms with Gasteiger partial charge in [-0.3, -0.25) is 9.80 Å². The third-order valence-electron chi connectivity index (χ3n) is 5.07. The van der Waals surface area contributed by atoms with Gasteiger partial charge in [0.1, 0.15) is 0 Å².